The highest BCUT2D eigenvalue weighted by molar-refractivity contribution is 9.10. The zero-order valence-electron chi connectivity index (χ0n) is 8.94. The zero-order valence-corrected chi connectivity index (χ0v) is 11.3. The first-order valence-corrected chi connectivity index (χ1v) is 6.35. The molecule has 0 aliphatic rings. The molecule has 0 aliphatic heterocycles. The van der Waals surface area contributed by atoms with Crippen LogP contribution >= 0.6 is 27.5 Å². The number of hydrogen-bond acceptors (Lipinski definition) is 1. The summed E-state index contributed by atoms with van der Waals surface area (Å²) in [4.78, 5) is 11.6. The number of rotatable bonds is 3. The SMILES string of the molecule is O=C(Cl)C(c1ccccc1)c1ccc(Br)cc1. The van der Waals surface area contributed by atoms with Crippen molar-refractivity contribution in [3.8, 4) is 0 Å². The molecule has 3 heteroatoms. The molecule has 2 aromatic rings. The van der Waals surface area contributed by atoms with E-state index < -0.39 is 5.92 Å². The van der Waals surface area contributed by atoms with Gasteiger partial charge in [-0.25, -0.2) is 0 Å². The lowest BCUT2D eigenvalue weighted by Crippen LogP contribution is -2.08. The third-order valence-corrected chi connectivity index (χ3v) is 3.31. The van der Waals surface area contributed by atoms with Crippen molar-refractivity contribution in [1.29, 1.82) is 0 Å². The van der Waals surface area contributed by atoms with Crippen molar-refractivity contribution in [2.24, 2.45) is 0 Å². The summed E-state index contributed by atoms with van der Waals surface area (Å²) in [6.45, 7) is 0. The van der Waals surface area contributed by atoms with Gasteiger partial charge >= 0.3 is 0 Å². The van der Waals surface area contributed by atoms with Gasteiger partial charge < -0.3 is 0 Å². The molecule has 0 bridgehead atoms. The second-order valence-electron chi connectivity index (χ2n) is 3.70. The molecule has 1 nitrogen and oxygen atoms in total. The lowest BCUT2D eigenvalue weighted by molar-refractivity contribution is -0.112. The monoisotopic (exact) mass is 308 g/mol. The largest absolute Gasteiger partial charge is 0.280 e. The summed E-state index contributed by atoms with van der Waals surface area (Å²) in [5.74, 6) is -0.397. The minimum absolute atomic E-state index is 0.362. The number of carbonyl (C=O) groups is 1. The minimum atomic E-state index is -0.397. The molecule has 0 aliphatic carbocycles. The predicted octanol–water partition coefficient (Wildman–Crippen LogP) is 4.35. The van der Waals surface area contributed by atoms with Gasteiger partial charge in [-0.2, -0.15) is 0 Å². The standard InChI is InChI=1S/C14H10BrClO/c15-12-8-6-11(7-9-12)13(14(16)17)10-4-2-1-3-5-10/h1-9,13H. The normalized spacial score (nSPS) is 12.1. The van der Waals surface area contributed by atoms with Gasteiger partial charge in [0.2, 0.25) is 5.24 Å². The first-order valence-electron chi connectivity index (χ1n) is 5.18. The molecule has 0 saturated carbocycles. The average Bonchev–Trinajstić information content (AvgIpc) is 2.33. The molecule has 86 valence electrons. The van der Waals surface area contributed by atoms with Gasteiger partial charge in [0, 0.05) is 4.47 Å². The highest BCUT2D eigenvalue weighted by Gasteiger charge is 2.20. The van der Waals surface area contributed by atoms with Crippen LogP contribution in [0.25, 0.3) is 0 Å². The number of halogens is 2. The maximum atomic E-state index is 11.6. The van der Waals surface area contributed by atoms with Crippen LogP contribution < -0.4 is 0 Å². The van der Waals surface area contributed by atoms with Gasteiger partial charge in [-0.1, -0.05) is 58.4 Å². The van der Waals surface area contributed by atoms with Crippen molar-refractivity contribution in [2.75, 3.05) is 0 Å². The van der Waals surface area contributed by atoms with Crippen molar-refractivity contribution in [2.45, 2.75) is 5.92 Å². The van der Waals surface area contributed by atoms with E-state index in [1.807, 2.05) is 54.6 Å². The second-order valence-corrected chi connectivity index (χ2v) is 4.99. The van der Waals surface area contributed by atoms with Gasteiger partial charge in [-0.05, 0) is 34.9 Å². The Bertz CT molecular complexity index is 508. The zero-order chi connectivity index (χ0) is 12.3. The molecule has 2 rings (SSSR count). The fourth-order valence-corrected chi connectivity index (χ4v) is 2.27. The van der Waals surface area contributed by atoms with Crippen LogP contribution in [0.2, 0.25) is 0 Å². The van der Waals surface area contributed by atoms with Crippen LogP contribution in [0.15, 0.2) is 59.1 Å². The summed E-state index contributed by atoms with van der Waals surface area (Å²) in [5.41, 5.74) is 1.81. The molecule has 0 saturated heterocycles. The lowest BCUT2D eigenvalue weighted by atomic mass is 9.93. The second kappa shape index (κ2) is 5.48. The smallest absolute Gasteiger partial charge is 0.233 e. The Morgan fingerprint density at radius 1 is 0.941 bits per heavy atom. The van der Waals surface area contributed by atoms with Gasteiger partial charge in [0.05, 0.1) is 5.92 Å². The van der Waals surface area contributed by atoms with Crippen molar-refractivity contribution >= 4 is 32.8 Å². The quantitative estimate of drug-likeness (QED) is 0.771. The van der Waals surface area contributed by atoms with Gasteiger partial charge in [0.15, 0.2) is 0 Å². The van der Waals surface area contributed by atoms with E-state index >= 15 is 0 Å². The third kappa shape index (κ3) is 2.96. The van der Waals surface area contributed by atoms with Crippen LogP contribution in [0.5, 0.6) is 0 Å². The van der Waals surface area contributed by atoms with E-state index in [1.54, 1.807) is 0 Å². The number of benzene rings is 2. The van der Waals surface area contributed by atoms with E-state index in [0.29, 0.717) is 0 Å². The Morgan fingerprint density at radius 3 is 2.00 bits per heavy atom. The number of hydrogen-bond donors (Lipinski definition) is 0. The first kappa shape index (κ1) is 12.3. The molecule has 0 amide bonds. The Morgan fingerprint density at radius 2 is 1.47 bits per heavy atom. The molecule has 0 radical (unpaired) electrons. The Balaban J connectivity index is 2.43. The summed E-state index contributed by atoms with van der Waals surface area (Å²) in [7, 11) is 0. The van der Waals surface area contributed by atoms with Crippen molar-refractivity contribution in [3.05, 3.63) is 70.2 Å². The van der Waals surface area contributed by atoms with Crippen LogP contribution in [0.4, 0.5) is 0 Å². The molecule has 0 N–H and O–H groups in total. The topological polar surface area (TPSA) is 17.1 Å². The molecule has 0 aromatic heterocycles. The highest BCUT2D eigenvalue weighted by atomic mass is 79.9. The molecule has 0 spiro atoms. The van der Waals surface area contributed by atoms with Crippen LogP contribution in [0.3, 0.4) is 0 Å². The fourth-order valence-electron chi connectivity index (χ4n) is 1.76. The molecule has 1 atom stereocenters. The molecular weight excluding hydrogens is 300 g/mol. The fraction of sp³-hybridized carbons (Fsp3) is 0.0714. The number of carbonyl (C=O) groups excluding carboxylic acids is 1. The van der Waals surface area contributed by atoms with Gasteiger partial charge in [0.1, 0.15) is 0 Å². The average molecular weight is 310 g/mol. The first-order chi connectivity index (χ1) is 8.18. The van der Waals surface area contributed by atoms with E-state index in [0.717, 1.165) is 15.6 Å². The highest BCUT2D eigenvalue weighted by Crippen LogP contribution is 2.27. The minimum Gasteiger partial charge on any atom is -0.280 e. The van der Waals surface area contributed by atoms with Crippen molar-refractivity contribution in [3.63, 3.8) is 0 Å². The maximum absolute atomic E-state index is 11.6. The summed E-state index contributed by atoms with van der Waals surface area (Å²) < 4.78 is 0.982. The summed E-state index contributed by atoms with van der Waals surface area (Å²) in [6.07, 6.45) is 0. The molecular formula is C14H10BrClO. The van der Waals surface area contributed by atoms with Crippen LogP contribution in [0.1, 0.15) is 17.0 Å². The molecule has 17 heavy (non-hydrogen) atoms. The van der Waals surface area contributed by atoms with Gasteiger partial charge in [-0.15, -0.1) is 0 Å². The van der Waals surface area contributed by atoms with E-state index in [-0.39, 0.29) is 5.24 Å². The van der Waals surface area contributed by atoms with Crippen molar-refractivity contribution in [1.82, 2.24) is 0 Å². The molecule has 2 aromatic carbocycles. The van der Waals surface area contributed by atoms with Crippen LogP contribution in [0, 0.1) is 0 Å². The summed E-state index contributed by atoms with van der Waals surface area (Å²) in [6, 6.07) is 17.2. The van der Waals surface area contributed by atoms with Gasteiger partial charge in [-0.3, -0.25) is 4.79 Å². The Hall–Kier alpha value is -1.12. The lowest BCUT2D eigenvalue weighted by Gasteiger charge is -2.13. The van der Waals surface area contributed by atoms with E-state index in [2.05, 4.69) is 15.9 Å². The molecule has 0 fully saturated rings. The third-order valence-electron chi connectivity index (χ3n) is 2.56. The van der Waals surface area contributed by atoms with E-state index in [9.17, 15) is 4.79 Å². The molecule has 1 unspecified atom stereocenters. The van der Waals surface area contributed by atoms with E-state index in [1.165, 1.54) is 0 Å². The summed E-state index contributed by atoms with van der Waals surface area (Å²) >= 11 is 9.07. The Kier molecular flexibility index (Phi) is 3.97. The summed E-state index contributed by atoms with van der Waals surface area (Å²) in [5, 5.41) is -0.362. The van der Waals surface area contributed by atoms with Crippen LogP contribution in [-0.4, -0.2) is 5.24 Å². The Labute approximate surface area is 114 Å². The van der Waals surface area contributed by atoms with E-state index in [4.69, 9.17) is 11.6 Å². The maximum Gasteiger partial charge on any atom is 0.233 e. The van der Waals surface area contributed by atoms with Gasteiger partial charge in [0.25, 0.3) is 0 Å². The van der Waals surface area contributed by atoms with Crippen LogP contribution in [-0.2, 0) is 4.79 Å². The predicted molar refractivity (Wildman–Crippen MR) is 73.3 cm³/mol. The molecule has 0 heterocycles. The van der Waals surface area contributed by atoms with Crippen molar-refractivity contribution < 1.29 is 4.79 Å².